The van der Waals surface area contributed by atoms with Crippen molar-refractivity contribution in [3.05, 3.63) is 35.9 Å². The van der Waals surface area contributed by atoms with E-state index in [2.05, 4.69) is 34.1 Å². The second-order valence-corrected chi connectivity index (χ2v) is 6.35. The highest BCUT2D eigenvalue weighted by molar-refractivity contribution is 7.98. The van der Waals surface area contributed by atoms with E-state index in [4.69, 9.17) is 0 Å². The molecule has 0 aromatic heterocycles. The van der Waals surface area contributed by atoms with E-state index in [9.17, 15) is 4.79 Å². The topological polar surface area (TPSA) is 65.5 Å². The molecule has 0 atom stereocenters. The molecule has 6 heteroatoms. The minimum absolute atomic E-state index is 0.0293. The van der Waals surface area contributed by atoms with Crippen molar-refractivity contribution in [1.82, 2.24) is 16.0 Å². The molecule has 0 fully saturated rings. The van der Waals surface area contributed by atoms with Gasteiger partial charge in [0.25, 0.3) is 5.91 Å². The molecule has 0 aliphatic carbocycles. The van der Waals surface area contributed by atoms with Crippen LogP contribution in [0.2, 0.25) is 0 Å². The molecule has 0 heterocycles. The Labute approximate surface area is 150 Å². The Balaban J connectivity index is 2.20. The van der Waals surface area contributed by atoms with E-state index < -0.39 is 0 Å². The molecular weight excluding hydrogens is 320 g/mol. The van der Waals surface area contributed by atoms with Gasteiger partial charge in [-0.25, -0.2) is 0 Å². The third kappa shape index (κ3) is 9.45. The Kier molecular flexibility index (Phi) is 11.6. The van der Waals surface area contributed by atoms with E-state index in [-0.39, 0.29) is 5.91 Å². The van der Waals surface area contributed by atoms with Crippen LogP contribution >= 0.6 is 11.8 Å². The molecule has 1 rings (SSSR count). The zero-order valence-corrected chi connectivity index (χ0v) is 15.6. The van der Waals surface area contributed by atoms with Gasteiger partial charge in [-0.2, -0.15) is 11.8 Å². The van der Waals surface area contributed by atoms with Crippen LogP contribution in [0.15, 0.2) is 35.3 Å². The number of benzene rings is 1. The van der Waals surface area contributed by atoms with Gasteiger partial charge in [-0.15, -0.1) is 0 Å². The van der Waals surface area contributed by atoms with Crippen LogP contribution in [0.3, 0.4) is 0 Å². The number of carbonyl (C=O) groups excluding carboxylic acids is 1. The highest BCUT2D eigenvalue weighted by Gasteiger charge is 2.02. The van der Waals surface area contributed by atoms with Crippen molar-refractivity contribution >= 4 is 23.6 Å². The Morgan fingerprint density at radius 3 is 2.50 bits per heavy atom. The fourth-order valence-electron chi connectivity index (χ4n) is 2.08. The van der Waals surface area contributed by atoms with Gasteiger partial charge in [0.15, 0.2) is 5.96 Å². The van der Waals surface area contributed by atoms with E-state index in [1.54, 1.807) is 0 Å². The number of thioether (sulfide) groups is 1. The van der Waals surface area contributed by atoms with Crippen molar-refractivity contribution in [2.24, 2.45) is 4.99 Å². The van der Waals surface area contributed by atoms with Gasteiger partial charge in [0.05, 0.1) is 0 Å². The first-order chi connectivity index (χ1) is 11.8. The summed E-state index contributed by atoms with van der Waals surface area (Å²) in [5, 5.41) is 9.51. The fourth-order valence-corrected chi connectivity index (χ4v) is 2.58. The zero-order chi connectivity index (χ0) is 17.5. The second kappa shape index (κ2) is 13.7. The first-order valence-electron chi connectivity index (χ1n) is 8.62. The highest BCUT2D eigenvalue weighted by atomic mass is 32.2. The number of nitrogens with zero attached hydrogens (tertiary/aromatic N) is 1. The van der Waals surface area contributed by atoms with Crippen molar-refractivity contribution in [2.45, 2.75) is 26.2 Å². The molecule has 1 amide bonds. The van der Waals surface area contributed by atoms with Crippen LogP contribution in [0, 0.1) is 0 Å². The number of unbranched alkanes of at least 4 members (excludes halogenated alkanes) is 1. The van der Waals surface area contributed by atoms with E-state index in [1.165, 1.54) is 12.2 Å². The van der Waals surface area contributed by atoms with Crippen LogP contribution < -0.4 is 16.0 Å². The van der Waals surface area contributed by atoms with Gasteiger partial charge in [0.1, 0.15) is 0 Å². The molecule has 3 N–H and O–H groups in total. The van der Waals surface area contributed by atoms with Crippen LogP contribution in [0.25, 0.3) is 0 Å². The minimum Gasteiger partial charge on any atom is -0.357 e. The van der Waals surface area contributed by atoms with Gasteiger partial charge in [-0.1, -0.05) is 18.2 Å². The lowest BCUT2D eigenvalue weighted by Gasteiger charge is -2.11. The lowest BCUT2D eigenvalue weighted by atomic mass is 10.2. The van der Waals surface area contributed by atoms with Gasteiger partial charge in [0.2, 0.25) is 0 Å². The number of hydrogen-bond acceptors (Lipinski definition) is 3. The normalized spacial score (nSPS) is 11.2. The molecule has 0 spiro atoms. The second-order valence-electron chi connectivity index (χ2n) is 5.36. The summed E-state index contributed by atoms with van der Waals surface area (Å²) in [4.78, 5) is 16.4. The van der Waals surface area contributed by atoms with Gasteiger partial charge in [-0.05, 0) is 50.3 Å². The van der Waals surface area contributed by atoms with Crippen LogP contribution in [0.5, 0.6) is 0 Å². The molecule has 0 bridgehead atoms. The maximum absolute atomic E-state index is 11.9. The largest absolute Gasteiger partial charge is 0.357 e. The predicted octanol–water partition coefficient (Wildman–Crippen LogP) is 2.50. The van der Waals surface area contributed by atoms with E-state index in [0.717, 1.165) is 31.9 Å². The van der Waals surface area contributed by atoms with Crippen LogP contribution in [0.1, 0.15) is 36.5 Å². The average Bonchev–Trinajstić information content (AvgIpc) is 2.61. The Hall–Kier alpha value is -1.69. The number of hydrogen-bond donors (Lipinski definition) is 3. The van der Waals surface area contributed by atoms with E-state index in [1.807, 2.05) is 42.1 Å². The third-order valence-electron chi connectivity index (χ3n) is 3.34. The quantitative estimate of drug-likeness (QED) is 0.326. The standard InChI is InChI=1S/C18H30N4OS/c1-3-19-18(21-12-7-8-15-24-2)22-14-9-13-20-17(23)16-10-5-4-6-11-16/h4-6,10-11H,3,7-9,12-15H2,1-2H3,(H,20,23)(H2,19,21,22). The first-order valence-corrected chi connectivity index (χ1v) is 10.0. The molecule has 1 aromatic rings. The summed E-state index contributed by atoms with van der Waals surface area (Å²) in [6.45, 7) is 5.17. The fraction of sp³-hybridized carbons (Fsp3) is 0.556. The summed E-state index contributed by atoms with van der Waals surface area (Å²) >= 11 is 1.88. The summed E-state index contributed by atoms with van der Waals surface area (Å²) in [6, 6.07) is 9.27. The number of carbonyl (C=O) groups is 1. The average molecular weight is 351 g/mol. The Morgan fingerprint density at radius 2 is 1.79 bits per heavy atom. The number of guanidine groups is 1. The van der Waals surface area contributed by atoms with Crippen molar-refractivity contribution in [1.29, 1.82) is 0 Å². The molecule has 0 unspecified atom stereocenters. The number of rotatable bonds is 11. The SMILES string of the molecule is CCNC(=NCCCNC(=O)c1ccccc1)NCCCCSC. The maximum Gasteiger partial charge on any atom is 0.251 e. The maximum atomic E-state index is 11.9. The first kappa shape index (κ1) is 20.4. The molecule has 0 aliphatic heterocycles. The number of amides is 1. The molecule has 0 aliphatic rings. The minimum atomic E-state index is -0.0293. The third-order valence-corrected chi connectivity index (χ3v) is 4.04. The summed E-state index contributed by atoms with van der Waals surface area (Å²) < 4.78 is 0. The van der Waals surface area contributed by atoms with Gasteiger partial charge < -0.3 is 16.0 Å². The Bertz CT molecular complexity index is 479. The van der Waals surface area contributed by atoms with Crippen molar-refractivity contribution < 1.29 is 4.79 Å². The highest BCUT2D eigenvalue weighted by Crippen LogP contribution is 1.98. The predicted molar refractivity (Wildman–Crippen MR) is 105 cm³/mol. The van der Waals surface area contributed by atoms with Gasteiger partial charge in [0, 0.05) is 31.7 Å². The van der Waals surface area contributed by atoms with E-state index in [0.29, 0.717) is 18.7 Å². The lowest BCUT2D eigenvalue weighted by Crippen LogP contribution is -2.38. The molecule has 24 heavy (non-hydrogen) atoms. The molecule has 1 aromatic carbocycles. The van der Waals surface area contributed by atoms with E-state index >= 15 is 0 Å². The van der Waals surface area contributed by atoms with Gasteiger partial charge in [-0.3, -0.25) is 9.79 Å². The van der Waals surface area contributed by atoms with Crippen molar-refractivity contribution in [2.75, 3.05) is 38.2 Å². The smallest absolute Gasteiger partial charge is 0.251 e. The zero-order valence-electron chi connectivity index (χ0n) is 14.8. The van der Waals surface area contributed by atoms with Crippen LogP contribution in [-0.2, 0) is 0 Å². The van der Waals surface area contributed by atoms with Crippen molar-refractivity contribution in [3.8, 4) is 0 Å². The lowest BCUT2D eigenvalue weighted by molar-refractivity contribution is 0.0953. The summed E-state index contributed by atoms with van der Waals surface area (Å²) in [6.07, 6.45) is 5.33. The van der Waals surface area contributed by atoms with Crippen molar-refractivity contribution in [3.63, 3.8) is 0 Å². The number of aliphatic imine (C=N–C) groups is 1. The summed E-state index contributed by atoms with van der Waals surface area (Å²) in [7, 11) is 0. The summed E-state index contributed by atoms with van der Waals surface area (Å²) in [5.41, 5.74) is 0.696. The molecule has 0 saturated carbocycles. The van der Waals surface area contributed by atoms with Crippen LogP contribution in [0.4, 0.5) is 0 Å². The number of nitrogens with one attached hydrogen (secondary N) is 3. The molecular formula is C18H30N4OS. The molecule has 134 valence electrons. The molecule has 0 radical (unpaired) electrons. The molecule has 5 nitrogen and oxygen atoms in total. The summed E-state index contributed by atoms with van der Waals surface area (Å²) in [5.74, 6) is 2.03. The Morgan fingerprint density at radius 1 is 1.04 bits per heavy atom. The monoisotopic (exact) mass is 350 g/mol. The van der Waals surface area contributed by atoms with Gasteiger partial charge >= 0.3 is 0 Å². The van der Waals surface area contributed by atoms with Crippen LogP contribution in [-0.4, -0.2) is 50.1 Å². The molecule has 0 saturated heterocycles.